The predicted octanol–water partition coefficient (Wildman–Crippen LogP) is 0.867. The van der Waals surface area contributed by atoms with Gasteiger partial charge < -0.3 is 15.7 Å². The van der Waals surface area contributed by atoms with E-state index >= 15 is 0 Å². The van der Waals surface area contributed by atoms with Gasteiger partial charge in [0.2, 0.25) is 11.8 Å². The van der Waals surface area contributed by atoms with Gasteiger partial charge in [0.25, 0.3) is 0 Å². The van der Waals surface area contributed by atoms with Crippen molar-refractivity contribution >= 4 is 23.6 Å². The van der Waals surface area contributed by atoms with Crippen molar-refractivity contribution in [1.29, 1.82) is 0 Å². The number of amides is 2. The van der Waals surface area contributed by atoms with E-state index in [1.165, 1.54) is 6.92 Å². The average Bonchev–Trinajstić information content (AvgIpc) is 2.41. The standard InChI is InChI=1S/C15H26N2O5/c1-10(11(2)18)6-4-5-9-16-14(20)8-7-13(15(21)22)17-12(3)19/h10,13H,4-9H2,1-3H3,(H,16,20)(H,17,19)(H,21,22)/t10-,13-/m0/s1. The molecule has 0 heterocycles. The van der Waals surface area contributed by atoms with Gasteiger partial charge in [0.15, 0.2) is 0 Å². The van der Waals surface area contributed by atoms with Gasteiger partial charge in [0.1, 0.15) is 11.8 Å². The molecule has 0 aromatic carbocycles. The molecule has 2 amide bonds. The molecule has 0 aromatic rings. The highest BCUT2D eigenvalue weighted by atomic mass is 16.4. The summed E-state index contributed by atoms with van der Waals surface area (Å²) in [7, 11) is 0. The summed E-state index contributed by atoms with van der Waals surface area (Å²) in [6, 6.07) is -1.04. The number of aliphatic carboxylic acids is 1. The minimum Gasteiger partial charge on any atom is -0.480 e. The lowest BCUT2D eigenvalue weighted by molar-refractivity contribution is -0.141. The Morgan fingerprint density at radius 2 is 1.68 bits per heavy atom. The molecule has 0 aliphatic heterocycles. The van der Waals surface area contributed by atoms with Gasteiger partial charge in [-0.2, -0.15) is 0 Å². The van der Waals surface area contributed by atoms with Crippen LogP contribution in [0.4, 0.5) is 0 Å². The third kappa shape index (κ3) is 9.90. The van der Waals surface area contributed by atoms with Gasteiger partial charge in [-0.05, 0) is 26.2 Å². The monoisotopic (exact) mass is 314 g/mol. The van der Waals surface area contributed by atoms with Crippen LogP contribution >= 0.6 is 0 Å². The Morgan fingerprint density at radius 1 is 1.05 bits per heavy atom. The van der Waals surface area contributed by atoms with Crippen LogP contribution < -0.4 is 10.6 Å². The van der Waals surface area contributed by atoms with Crippen LogP contribution in [0.15, 0.2) is 0 Å². The summed E-state index contributed by atoms with van der Waals surface area (Å²) in [6.07, 6.45) is 2.53. The minimum absolute atomic E-state index is 0.0428. The molecule has 7 nitrogen and oxygen atoms in total. The Morgan fingerprint density at radius 3 is 2.18 bits per heavy atom. The fraction of sp³-hybridized carbons (Fsp3) is 0.733. The molecule has 0 aliphatic rings. The zero-order chi connectivity index (χ0) is 17.1. The summed E-state index contributed by atoms with van der Waals surface area (Å²) in [5.74, 6) is -1.61. The Hall–Kier alpha value is -1.92. The fourth-order valence-electron chi connectivity index (χ4n) is 1.87. The largest absolute Gasteiger partial charge is 0.480 e. The number of carbonyl (C=O) groups is 4. The van der Waals surface area contributed by atoms with Gasteiger partial charge in [0.05, 0.1) is 0 Å². The Bertz CT molecular complexity index is 409. The van der Waals surface area contributed by atoms with Crippen LogP contribution in [0.5, 0.6) is 0 Å². The van der Waals surface area contributed by atoms with Crippen molar-refractivity contribution in [2.75, 3.05) is 6.54 Å². The van der Waals surface area contributed by atoms with Gasteiger partial charge in [-0.3, -0.25) is 14.4 Å². The third-order valence-electron chi connectivity index (χ3n) is 3.42. The smallest absolute Gasteiger partial charge is 0.326 e. The summed E-state index contributed by atoms with van der Waals surface area (Å²) < 4.78 is 0. The fourth-order valence-corrected chi connectivity index (χ4v) is 1.87. The van der Waals surface area contributed by atoms with E-state index < -0.39 is 17.9 Å². The maximum absolute atomic E-state index is 11.6. The van der Waals surface area contributed by atoms with Crippen molar-refractivity contribution in [2.24, 2.45) is 5.92 Å². The van der Waals surface area contributed by atoms with Gasteiger partial charge in [-0.25, -0.2) is 4.79 Å². The molecule has 126 valence electrons. The molecule has 0 bridgehead atoms. The first-order valence-electron chi connectivity index (χ1n) is 7.51. The number of carboxylic acids is 1. The van der Waals surface area contributed by atoms with E-state index in [4.69, 9.17) is 5.11 Å². The maximum Gasteiger partial charge on any atom is 0.326 e. The summed E-state index contributed by atoms with van der Waals surface area (Å²) in [6.45, 7) is 5.19. The summed E-state index contributed by atoms with van der Waals surface area (Å²) in [4.78, 5) is 44.4. The van der Waals surface area contributed by atoms with Crippen molar-refractivity contribution in [1.82, 2.24) is 10.6 Å². The highest BCUT2D eigenvalue weighted by Crippen LogP contribution is 2.08. The second kappa shape index (κ2) is 10.8. The SMILES string of the molecule is CC(=O)N[C@@H](CCC(=O)NCCCC[C@H](C)C(C)=O)C(=O)O. The molecule has 7 heteroatoms. The molecule has 0 aliphatic carbocycles. The highest BCUT2D eigenvalue weighted by molar-refractivity contribution is 5.83. The summed E-state index contributed by atoms with van der Waals surface area (Å²) in [5, 5.41) is 13.9. The van der Waals surface area contributed by atoms with Crippen LogP contribution in [-0.4, -0.2) is 41.3 Å². The van der Waals surface area contributed by atoms with Crippen LogP contribution in [0.2, 0.25) is 0 Å². The lowest BCUT2D eigenvalue weighted by atomic mass is 10.0. The molecule has 0 saturated heterocycles. The lowest BCUT2D eigenvalue weighted by Crippen LogP contribution is -2.40. The van der Waals surface area contributed by atoms with Crippen LogP contribution in [0.25, 0.3) is 0 Å². The molecule has 3 N–H and O–H groups in total. The number of Topliss-reactive ketones (excluding diaryl/α,β-unsaturated/α-hetero) is 1. The molecule has 0 unspecified atom stereocenters. The maximum atomic E-state index is 11.6. The van der Waals surface area contributed by atoms with E-state index in [1.54, 1.807) is 6.92 Å². The van der Waals surface area contributed by atoms with Crippen molar-refractivity contribution in [3.05, 3.63) is 0 Å². The quantitative estimate of drug-likeness (QED) is 0.490. The van der Waals surface area contributed by atoms with Crippen molar-refractivity contribution < 1.29 is 24.3 Å². The van der Waals surface area contributed by atoms with E-state index in [0.29, 0.717) is 6.54 Å². The van der Waals surface area contributed by atoms with E-state index in [0.717, 1.165) is 19.3 Å². The van der Waals surface area contributed by atoms with Crippen LogP contribution in [0.3, 0.4) is 0 Å². The molecule has 22 heavy (non-hydrogen) atoms. The number of carbonyl (C=O) groups excluding carboxylic acids is 3. The molecule has 0 rings (SSSR count). The van der Waals surface area contributed by atoms with Gasteiger partial charge >= 0.3 is 5.97 Å². The molecule has 0 spiro atoms. The second-order valence-electron chi connectivity index (χ2n) is 5.49. The summed E-state index contributed by atoms with van der Waals surface area (Å²) >= 11 is 0. The normalized spacial score (nSPS) is 13.0. The number of hydrogen-bond donors (Lipinski definition) is 3. The first kappa shape index (κ1) is 20.1. The lowest BCUT2D eigenvalue weighted by Gasteiger charge is -2.13. The predicted molar refractivity (Wildman–Crippen MR) is 81.2 cm³/mol. The minimum atomic E-state index is -1.15. The van der Waals surface area contributed by atoms with Crippen LogP contribution in [0, 0.1) is 5.92 Å². The molecular formula is C15H26N2O5. The number of hydrogen-bond acceptors (Lipinski definition) is 4. The van der Waals surface area contributed by atoms with Crippen LogP contribution in [0.1, 0.15) is 52.9 Å². The Balaban J connectivity index is 3.83. The number of rotatable bonds is 11. The molecule has 0 radical (unpaired) electrons. The van der Waals surface area contributed by atoms with E-state index in [9.17, 15) is 19.2 Å². The average molecular weight is 314 g/mol. The second-order valence-corrected chi connectivity index (χ2v) is 5.49. The third-order valence-corrected chi connectivity index (χ3v) is 3.42. The molecule has 2 atom stereocenters. The first-order valence-corrected chi connectivity index (χ1v) is 7.51. The zero-order valence-electron chi connectivity index (χ0n) is 13.5. The number of unbranched alkanes of at least 4 members (excludes halogenated alkanes) is 1. The van der Waals surface area contributed by atoms with Gasteiger partial charge in [-0.1, -0.05) is 13.3 Å². The van der Waals surface area contributed by atoms with Crippen molar-refractivity contribution in [3.63, 3.8) is 0 Å². The van der Waals surface area contributed by atoms with Crippen molar-refractivity contribution in [3.8, 4) is 0 Å². The molecular weight excluding hydrogens is 288 g/mol. The summed E-state index contributed by atoms with van der Waals surface area (Å²) in [5.41, 5.74) is 0. The number of ketones is 1. The highest BCUT2D eigenvalue weighted by Gasteiger charge is 2.19. The zero-order valence-corrected chi connectivity index (χ0v) is 13.5. The van der Waals surface area contributed by atoms with Gasteiger partial charge in [0, 0.05) is 25.8 Å². The van der Waals surface area contributed by atoms with E-state index in [-0.39, 0.29) is 30.4 Å². The Kier molecular flexibility index (Phi) is 9.82. The molecule has 0 saturated carbocycles. The van der Waals surface area contributed by atoms with Crippen molar-refractivity contribution in [2.45, 2.75) is 58.9 Å². The molecule has 0 aromatic heterocycles. The molecule has 0 fully saturated rings. The topological polar surface area (TPSA) is 113 Å². The van der Waals surface area contributed by atoms with E-state index in [1.807, 2.05) is 6.92 Å². The first-order chi connectivity index (χ1) is 10.2. The van der Waals surface area contributed by atoms with E-state index in [2.05, 4.69) is 10.6 Å². The number of carboxylic acid groups (broad SMARTS) is 1. The number of nitrogens with one attached hydrogen (secondary N) is 2. The van der Waals surface area contributed by atoms with Crippen LogP contribution in [-0.2, 0) is 19.2 Å². The Labute approximate surface area is 130 Å². The van der Waals surface area contributed by atoms with Gasteiger partial charge in [-0.15, -0.1) is 0 Å².